The van der Waals surface area contributed by atoms with Crippen LogP contribution in [0.15, 0.2) is 66.7 Å². The first-order chi connectivity index (χ1) is 20.9. The average molecular weight is 624 g/mol. The summed E-state index contributed by atoms with van der Waals surface area (Å²) in [7, 11) is 4.03. The Bertz CT molecular complexity index is 1470. The monoisotopic (exact) mass is 622 g/mol. The third-order valence-corrected chi connectivity index (χ3v) is 7.47. The van der Waals surface area contributed by atoms with Crippen molar-refractivity contribution in [2.45, 2.75) is 25.7 Å². The van der Waals surface area contributed by atoms with Gasteiger partial charge in [-0.1, -0.05) is 12.1 Å². The van der Waals surface area contributed by atoms with E-state index < -0.39 is 0 Å². The van der Waals surface area contributed by atoms with E-state index in [1.165, 1.54) is 5.56 Å². The van der Waals surface area contributed by atoms with E-state index in [2.05, 4.69) is 49.7 Å². The third kappa shape index (κ3) is 9.71. The van der Waals surface area contributed by atoms with Gasteiger partial charge in [-0.05, 0) is 100 Å². The number of aromatic nitrogens is 2. The highest BCUT2D eigenvalue weighted by molar-refractivity contribution is 6.18. The molecule has 0 spiro atoms. The van der Waals surface area contributed by atoms with Gasteiger partial charge in [0.1, 0.15) is 5.82 Å². The number of aromatic amines is 1. The van der Waals surface area contributed by atoms with Crippen LogP contribution in [0.2, 0.25) is 0 Å². The first-order valence-electron chi connectivity index (χ1n) is 14.6. The summed E-state index contributed by atoms with van der Waals surface area (Å²) in [4.78, 5) is 37.4. The topological polar surface area (TPSA) is 93.4 Å². The summed E-state index contributed by atoms with van der Waals surface area (Å²) < 4.78 is 0. The van der Waals surface area contributed by atoms with E-state index >= 15 is 0 Å². The second-order valence-corrected chi connectivity index (χ2v) is 11.5. The number of carbonyl (C=O) groups is 2. The van der Waals surface area contributed by atoms with Crippen molar-refractivity contribution in [3.8, 4) is 11.4 Å². The summed E-state index contributed by atoms with van der Waals surface area (Å²) in [6.45, 7) is 3.06. The van der Waals surface area contributed by atoms with E-state index in [1.54, 1.807) is 12.1 Å². The summed E-state index contributed by atoms with van der Waals surface area (Å²) in [5.74, 6) is 1.69. The highest BCUT2D eigenvalue weighted by Crippen LogP contribution is 2.23. The minimum atomic E-state index is -0.101. The lowest BCUT2D eigenvalue weighted by Crippen LogP contribution is -2.27. The number of amides is 2. The van der Waals surface area contributed by atoms with Crippen molar-refractivity contribution in [2.75, 3.05) is 62.3 Å². The van der Waals surface area contributed by atoms with Crippen LogP contribution in [0.1, 0.15) is 35.2 Å². The Morgan fingerprint density at radius 2 is 1.60 bits per heavy atom. The molecule has 0 aliphatic rings. The average Bonchev–Trinajstić information content (AvgIpc) is 3.43. The molecule has 228 valence electrons. The number of benzene rings is 3. The maximum atomic E-state index is 12.6. The van der Waals surface area contributed by atoms with Gasteiger partial charge in [0.05, 0.1) is 11.0 Å². The highest BCUT2D eigenvalue weighted by Gasteiger charge is 2.11. The molecule has 0 fully saturated rings. The van der Waals surface area contributed by atoms with Crippen molar-refractivity contribution in [1.82, 2.24) is 20.2 Å². The summed E-state index contributed by atoms with van der Waals surface area (Å²) in [6.07, 6.45) is 2.90. The molecule has 3 N–H and O–H groups in total. The number of halogens is 2. The zero-order valence-electron chi connectivity index (χ0n) is 24.8. The second-order valence-electron chi connectivity index (χ2n) is 10.7. The number of anilines is 2. The lowest BCUT2D eigenvalue weighted by molar-refractivity contribution is -0.116. The van der Waals surface area contributed by atoms with E-state index in [-0.39, 0.29) is 11.8 Å². The fraction of sp³-hybridized carbons (Fsp3) is 0.364. The Labute approximate surface area is 263 Å². The van der Waals surface area contributed by atoms with Gasteiger partial charge in [0.2, 0.25) is 5.91 Å². The number of nitrogens with one attached hydrogen (secondary N) is 3. The molecule has 4 rings (SSSR count). The van der Waals surface area contributed by atoms with Crippen LogP contribution < -0.4 is 15.5 Å². The Kier molecular flexibility index (Phi) is 12.3. The molecule has 1 aromatic heterocycles. The summed E-state index contributed by atoms with van der Waals surface area (Å²) in [5.41, 5.74) is 6.09. The smallest absolute Gasteiger partial charge is 0.251 e. The number of hydrogen-bond donors (Lipinski definition) is 3. The van der Waals surface area contributed by atoms with E-state index in [1.807, 2.05) is 44.4 Å². The maximum Gasteiger partial charge on any atom is 0.251 e. The summed E-state index contributed by atoms with van der Waals surface area (Å²) in [6, 6.07) is 21.4. The van der Waals surface area contributed by atoms with Gasteiger partial charge in [0.15, 0.2) is 0 Å². The molecule has 0 unspecified atom stereocenters. The molecule has 0 aliphatic heterocycles. The van der Waals surface area contributed by atoms with E-state index in [9.17, 15) is 9.59 Å². The molecule has 4 aromatic rings. The lowest BCUT2D eigenvalue weighted by Gasteiger charge is -2.23. The SMILES string of the molecule is CN(C)CCCNC(=O)c1ccc2[nH]c(-c3ccc(NC(=O)CCCc4ccc(N(CCCl)CCCl)cc4)cc3)nc2c1. The van der Waals surface area contributed by atoms with Gasteiger partial charge in [-0.25, -0.2) is 4.98 Å². The molecular weight excluding hydrogens is 583 g/mol. The van der Waals surface area contributed by atoms with Crippen LogP contribution in [0.4, 0.5) is 11.4 Å². The van der Waals surface area contributed by atoms with Gasteiger partial charge in [-0.15, -0.1) is 23.2 Å². The van der Waals surface area contributed by atoms with Crippen LogP contribution in [0.5, 0.6) is 0 Å². The molecule has 10 heteroatoms. The molecule has 0 saturated carbocycles. The normalized spacial score (nSPS) is 11.2. The molecule has 0 atom stereocenters. The van der Waals surface area contributed by atoms with E-state index in [4.69, 9.17) is 28.2 Å². The predicted molar refractivity (Wildman–Crippen MR) is 179 cm³/mol. The number of H-pyrrole nitrogens is 1. The number of carbonyl (C=O) groups excluding carboxylic acids is 2. The molecule has 3 aromatic carbocycles. The molecular formula is C33H40Cl2N6O2. The zero-order valence-corrected chi connectivity index (χ0v) is 26.3. The fourth-order valence-corrected chi connectivity index (χ4v) is 5.23. The summed E-state index contributed by atoms with van der Waals surface area (Å²) in [5, 5.41) is 5.95. The molecule has 8 nitrogen and oxygen atoms in total. The van der Waals surface area contributed by atoms with Crippen molar-refractivity contribution in [2.24, 2.45) is 0 Å². The van der Waals surface area contributed by atoms with Gasteiger partial charge >= 0.3 is 0 Å². The minimum absolute atomic E-state index is 0.0176. The van der Waals surface area contributed by atoms with E-state index in [0.717, 1.165) is 66.9 Å². The highest BCUT2D eigenvalue weighted by atomic mass is 35.5. The standard InChI is InChI=1S/C33H40Cl2N6O2/c1-40(2)20-4-19-36-33(43)26-11-16-29-30(23-26)39-32(38-29)25-9-12-27(13-10-25)37-31(42)6-3-5-24-7-14-28(15-8-24)41(21-17-34)22-18-35/h7-16,23H,3-6,17-22H2,1-2H3,(H,36,43)(H,37,42)(H,38,39). The lowest BCUT2D eigenvalue weighted by atomic mass is 10.1. The van der Waals surface area contributed by atoms with Crippen LogP contribution in [0, 0.1) is 0 Å². The van der Waals surface area contributed by atoms with Crippen molar-refractivity contribution < 1.29 is 9.59 Å². The number of alkyl halides is 2. The number of rotatable bonds is 16. The quantitative estimate of drug-likeness (QED) is 0.103. The molecule has 2 amide bonds. The minimum Gasteiger partial charge on any atom is -0.369 e. The largest absolute Gasteiger partial charge is 0.369 e. The Hall–Kier alpha value is -3.59. The number of imidazole rings is 1. The number of hydrogen-bond acceptors (Lipinski definition) is 5. The van der Waals surface area contributed by atoms with Gasteiger partial charge in [-0.3, -0.25) is 9.59 Å². The molecule has 43 heavy (non-hydrogen) atoms. The van der Waals surface area contributed by atoms with Crippen LogP contribution >= 0.6 is 23.2 Å². The van der Waals surface area contributed by atoms with Crippen molar-refractivity contribution in [3.63, 3.8) is 0 Å². The van der Waals surface area contributed by atoms with Crippen molar-refractivity contribution in [3.05, 3.63) is 77.9 Å². The van der Waals surface area contributed by atoms with E-state index in [0.29, 0.717) is 36.1 Å². The molecule has 0 radical (unpaired) electrons. The van der Waals surface area contributed by atoms with Crippen molar-refractivity contribution >= 4 is 57.4 Å². The molecule has 1 heterocycles. The Morgan fingerprint density at radius 1 is 0.884 bits per heavy atom. The van der Waals surface area contributed by atoms with Gasteiger partial charge in [0, 0.05) is 60.3 Å². The zero-order chi connectivity index (χ0) is 30.6. The van der Waals surface area contributed by atoms with Gasteiger partial charge in [-0.2, -0.15) is 0 Å². The van der Waals surface area contributed by atoms with Crippen LogP contribution in [-0.4, -0.2) is 78.7 Å². The first-order valence-corrected chi connectivity index (χ1v) is 15.7. The second kappa shape index (κ2) is 16.3. The number of nitrogens with zero attached hydrogens (tertiary/aromatic N) is 3. The number of fused-ring (bicyclic) bond motifs is 1. The first kappa shape index (κ1) is 32.3. The Morgan fingerprint density at radius 3 is 2.28 bits per heavy atom. The summed E-state index contributed by atoms with van der Waals surface area (Å²) >= 11 is 11.8. The van der Waals surface area contributed by atoms with Crippen LogP contribution in [0.25, 0.3) is 22.4 Å². The van der Waals surface area contributed by atoms with Crippen LogP contribution in [0.3, 0.4) is 0 Å². The maximum absolute atomic E-state index is 12.6. The van der Waals surface area contributed by atoms with Crippen LogP contribution in [-0.2, 0) is 11.2 Å². The molecule has 0 aliphatic carbocycles. The molecule has 0 saturated heterocycles. The molecule has 0 bridgehead atoms. The fourth-order valence-electron chi connectivity index (χ4n) is 4.82. The Balaban J connectivity index is 1.26. The van der Waals surface area contributed by atoms with Gasteiger partial charge in [0.25, 0.3) is 5.91 Å². The number of aryl methyl sites for hydroxylation is 1. The predicted octanol–water partition coefficient (Wildman–Crippen LogP) is 6.16. The third-order valence-electron chi connectivity index (χ3n) is 7.13. The van der Waals surface area contributed by atoms with Crippen molar-refractivity contribution in [1.29, 1.82) is 0 Å². The van der Waals surface area contributed by atoms with Gasteiger partial charge < -0.3 is 25.4 Å².